The Morgan fingerprint density at radius 3 is 2.70 bits per heavy atom. The minimum absolute atomic E-state index is 0.00326. The Morgan fingerprint density at radius 2 is 2.05 bits per heavy atom. The number of rotatable bonds is 4. The molecule has 1 fully saturated rings. The van der Waals surface area contributed by atoms with Gasteiger partial charge in [0, 0.05) is 13.1 Å². The van der Waals surface area contributed by atoms with E-state index in [1.165, 1.54) is 25.3 Å². The third kappa shape index (κ3) is 3.07. The first-order chi connectivity index (χ1) is 9.63. The van der Waals surface area contributed by atoms with Crippen molar-refractivity contribution in [2.24, 2.45) is 0 Å². The number of hydrogen-bond acceptors (Lipinski definition) is 3. The zero-order valence-corrected chi connectivity index (χ0v) is 11.3. The van der Waals surface area contributed by atoms with Crippen molar-refractivity contribution in [3.05, 3.63) is 29.6 Å². The molecule has 1 aliphatic heterocycles. The standard InChI is InChI=1S/C14H17FN2O3/c1-20-11-6-4-5-10(13(11)15)14(19)16-9-12(18)17-7-2-3-8-17/h4-6H,2-3,7-9H2,1H3,(H,16,19). The summed E-state index contributed by atoms with van der Waals surface area (Å²) in [6.45, 7) is 1.33. The van der Waals surface area contributed by atoms with Gasteiger partial charge < -0.3 is 15.0 Å². The van der Waals surface area contributed by atoms with Gasteiger partial charge in [-0.25, -0.2) is 4.39 Å². The summed E-state index contributed by atoms with van der Waals surface area (Å²) < 4.78 is 18.7. The summed E-state index contributed by atoms with van der Waals surface area (Å²) in [5, 5.41) is 2.44. The van der Waals surface area contributed by atoms with Crippen LogP contribution in [0.3, 0.4) is 0 Å². The van der Waals surface area contributed by atoms with Gasteiger partial charge in [0.2, 0.25) is 5.91 Å². The van der Waals surface area contributed by atoms with Crippen LogP contribution in [-0.4, -0.2) is 43.5 Å². The van der Waals surface area contributed by atoms with Gasteiger partial charge in [-0.3, -0.25) is 9.59 Å². The van der Waals surface area contributed by atoms with Crippen molar-refractivity contribution in [2.45, 2.75) is 12.8 Å². The molecule has 0 atom stereocenters. The van der Waals surface area contributed by atoms with Crippen LogP contribution >= 0.6 is 0 Å². The van der Waals surface area contributed by atoms with Crippen molar-refractivity contribution in [2.75, 3.05) is 26.7 Å². The molecule has 1 N–H and O–H groups in total. The van der Waals surface area contributed by atoms with E-state index >= 15 is 0 Å². The first-order valence-corrected chi connectivity index (χ1v) is 6.52. The monoisotopic (exact) mass is 280 g/mol. The number of carbonyl (C=O) groups is 2. The van der Waals surface area contributed by atoms with Crippen molar-refractivity contribution in [1.29, 1.82) is 0 Å². The molecule has 0 spiro atoms. The normalized spacial score (nSPS) is 14.2. The molecule has 108 valence electrons. The van der Waals surface area contributed by atoms with Crippen LogP contribution in [0, 0.1) is 5.82 Å². The van der Waals surface area contributed by atoms with Crippen LogP contribution in [0.1, 0.15) is 23.2 Å². The SMILES string of the molecule is COc1cccc(C(=O)NCC(=O)N2CCCC2)c1F. The molecule has 1 aromatic carbocycles. The second-order valence-corrected chi connectivity index (χ2v) is 4.59. The Labute approximate surface area is 116 Å². The highest BCUT2D eigenvalue weighted by atomic mass is 19.1. The van der Waals surface area contributed by atoms with Crippen LogP contribution in [0.2, 0.25) is 0 Å². The molecule has 20 heavy (non-hydrogen) atoms. The quantitative estimate of drug-likeness (QED) is 0.901. The number of methoxy groups -OCH3 is 1. The number of carbonyl (C=O) groups excluding carboxylic acids is 2. The molecule has 0 unspecified atom stereocenters. The first kappa shape index (κ1) is 14.3. The lowest BCUT2D eigenvalue weighted by molar-refractivity contribution is -0.129. The van der Waals surface area contributed by atoms with E-state index in [0.29, 0.717) is 0 Å². The first-order valence-electron chi connectivity index (χ1n) is 6.52. The maximum atomic E-state index is 13.9. The van der Waals surface area contributed by atoms with E-state index in [0.717, 1.165) is 25.9 Å². The maximum absolute atomic E-state index is 13.9. The molecule has 0 saturated carbocycles. The zero-order chi connectivity index (χ0) is 14.5. The van der Waals surface area contributed by atoms with Gasteiger partial charge in [-0.05, 0) is 25.0 Å². The highest BCUT2D eigenvalue weighted by Gasteiger charge is 2.20. The summed E-state index contributed by atoms with van der Waals surface area (Å²) in [4.78, 5) is 25.4. The molecule has 0 aromatic heterocycles. The fraction of sp³-hybridized carbons (Fsp3) is 0.429. The molecule has 1 saturated heterocycles. The van der Waals surface area contributed by atoms with Crippen LogP contribution in [0.25, 0.3) is 0 Å². The van der Waals surface area contributed by atoms with Gasteiger partial charge in [0.1, 0.15) is 0 Å². The van der Waals surface area contributed by atoms with Crippen LogP contribution in [-0.2, 0) is 4.79 Å². The molecule has 1 aliphatic rings. The number of nitrogens with zero attached hydrogens (tertiary/aromatic N) is 1. The summed E-state index contributed by atoms with van der Waals surface area (Å²) in [6, 6.07) is 4.31. The number of benzene rings is 1. The highest BCUT2D eigenvalue weighted by molar-refractivity contribution is 5.97. The molecular formula is C14H17FN2O3. The number of halogens is 1. The third-order valence-electron chi connectivity index (χ3n) is 3.29. The van der Waals surface area contributed by atoms with Crippen molar-refractivity contribution in [1.82, 2.24) is 10.2 Å². The number of ether oxygens (including phenoxy) is 1. The minimum atomic E-state index is -0.721. The Kier molecular flexibility index (Phi) is 4.55. The molecule has 5 nitrogen and oxygen atoms in total. The molecule has 6 heteroatoms. The van der Waals surface area contributed by atoms with Crippen molar-refractivity contribution in [3.63, 3.8) is 0 Å². The average molecular weight is 280 g/mol. The lowest BCUT2D eigenvalue weighted by Gasteiger charge is -2.15. The summed E-state index contributed by atoms with van der Waals surface area (Å²) >= 11 is 0. The second kappa shape index (κ2) is 6.36. The molecule has 0 bridgehead atoms. The number of amides is 2. The van der Waals surface area contributed by atoms with Crippen molar-refractivity contribution < 1.29 is 18.7 Å². The van der Waals surface area contributed by atoms with Crippen LogP contribution in [0.4, 0.5) is 4.39 Å². The van der Waals surface area contributed by atoms with E-state index in [4.69, 9.17) is 4.74 Å². The largest absolute Gasteiger partial charge is 0.494 e. The molecule has 1 aromatic rings. The number of nitrogens with one attached hydrogen (secondary N) is 1. The van der Waals surface area contributed by atoms with E-state index in [1.54, 1.807) is 4.90 Å². The van der Waals surface area contributed by atoms with E-state index < -0.39 is 11.7 Å². The molecular weight excluding hydrogens is 263 g/mol. The Hall–Kier alpha value is -2.11. The predicted octanol–water partition coefficient (Wildman–Crippen LogP) is 1.19. The molecule has 2 rings (SSSR count). The molecule has 1 heterocycles. The van der Waals surface area contributed by atoms with Crippen molar-refractivity contribution in [3.8, 4) is 5.75 Å². The molecule has 2 amide bonds. The summed E-state index contributed by atoms with van der Waals surface area (Å²) in [5.41, 5.74) is -0.126. The third-order valence-corrected chi connectivity index (χ3v) is 3.29. The summed E-state index contributed by atoms with van der Waals surface area (Å²) in [5.74, 6) is -1.47. The van der Waals surface area contributed by atoms with Gasteiger partial charge in [0.05, 0.1) is 19.2 Å². The van der Waals surface area contributed by atoms with E-state index in [9.17, 15) is 14.0 Å². The van der Waals surface area contributed by atoms with Crippen molar-refractivity contribution >= 4 is 11.8 Å². The van der Waals surface area contributed by atoms with Crippen LogP contribution in [0.15, 0.2) is 18.2 Å². The average Bonchev–Trinajstić information content (AvgIpc) is 2.99. The van der Waals surface area contributed by atoms with Gasteiger partial charge in [0.25, 0.3) is 5.91 Å². The Balaban J connectivity index is 1.96. The van der Waals surface area contributed by atoms with Crippen LogP contribution in [0.5, 0.6) is 5.75 Å². The number of likely N-dealkylation sites (tertiary alicyclic amines) is 1. The lowest BCUT2D eigenvalue weighted by atomic mass is 10.2. The predicted molar refractivity (Wildman–Crippen MR) is 71.1 cm³/mol. The summed E-state index contributed by atoms with van der Waals surface area (Å²) in [6.07, 6.45) is 1.98. The van der Waals surface area contributed by atoms with Gasteiger partial charge in [-0.15, -0.1) is 0 Å². The number of hydrogen-bond donors (Lipinski definition) is 1. The second-order valence-electron chi connectivity index (χ2n) is 4.59. The zero-order valence-electron chi connectivity index (χ0n) is 11.3. The molecule has 0 radical (unpaired) electrons. The van der Waals surface area contributed by atoms with Crippen LogP contribution < -0.4 is 10.1 Å². The van der Waals surface area contributed by atoms with E-state index in [2.05, 4.69) is 5.32 Å². The van der Waals surface area contributed by atoms with E-state index in [-0.39, 0.29) is 23.8 Å². The fourth-order valence-corrected chi connectivity index (χ4v) is 2.17. The maximum Gasteiger partial charge on any atom is 0.254 e. The summed E-state index contributed by atoms with van der Waals surface area (Å²) in [7, 11) is 1.33. The fourth-order valence-electron chi connectivity index (χ4n) is 2.17. The Bertz CT molecular complexity index is 513. The smallest absolute Gasteiger partial charge is 0.254 e. The van der Waals surface area contributed by atoms with Gasteiger partial charge in [-0.1, -0.05) is 6.07 Å². The van der Waals surface area contributed by atoms with Gasteiger partial charge >= 0.3 is 0 Å². The Morgan fingerprint density at radius 1 is 1.35 bits per heavy atom. The van der Waals surface area contributed by atoms with Gasteiger partial charge in [-0.2, -0.15) is 0 Å². The van der Waals surface area contributed by atoms with Gasteiger partial charge in [0.15, 0.2) is 11.6 Å². The lowest BCUT2D eigenvalue weighted by Crippen LogP contribution is -2.38. The topological polar surface area (TPSA) is 58.6 Å². The minimum Gasteiger partial charge on any atom is -0.494 e. The van der Waals surface area contributed by atoms with E-state index in [1.807, 2.05) is 0 Å². The molecule has 0 aliphatic carbocycles. The highest BCUT2D eigenvalue weighted by Crippen LogP contribution is 2.19.